The van der Waals surface area contributed by atoms with Crippen LogP contribution in [0.25, 0.3) is 11.6 Å². The molecule has 8 heteroatoms. The quantitative estimate of drug-likeness (QED) is 0.409. The SMILES string of the molecule is O=C(O)CCn1c(O)c(/C=C/C=C2\C=Nc3ccc(OCc4ccccc4)cc32)sc1=S. The van der Waals surface area contributed by atoms with Gasteiger partial charge in [-0.1, -0.05) is 42.5 Å². The summed E-state index contributed by atoms with van der Waals surface area (Å²) in [5.74, 6) is -0.197. The molecule has 2 aromatic carbocycles. The van der Waals surface area contributed by atoms with Gasteiger partial charge in [0.1, 0.15) is 12.4 Å². The van der Waals surface area contributed by atoms with E-state index in [1.165, 1.54) is 15.9 Å². The predicted octanol–water partition coefficient (Wildman–Crippen LogP) is 5.85. The number of aliphatic imine (C=N–C) groups is 1. The number of allylic oxidation sites excluding steroid dienone is 3. The number of fused-ring (bicyclic) bond motifs is 1. The molecule has 1 aliphatic heterocycles. The summed E-state index contributed by atoms with van der Waals surface area (Å²) in [6.07, 6.45) is 7.15. The van der Waals surface area contributed by atoms with Crippen molar-refractivity contribution in [2.45, 2.75) is 19.6 Å². The van der Waals surface area contributed by atoms with Gasteiger partial charge in [-0.05, 0) is 42.1 Å². The van der Waals surface area contributed by atoms with E-state index in [1.807, 2.05) is 60.7 Å². The molecule has 0 spiro atoms. The first-order valence-corrected chi connectivity index (χ1v) is 11.1. The molecule has 1 aliphatic rings. The number of nitrogens with zero attached hydrogens (tertiary/aromatic N) is 2. The summed E-state index contributed by atoms with van der Waals surface area (Å²) >= 11 is 6.47. The van der Waals surface area contributed by atoms with Gasteiger partial charge in [0.05, 0.1) is 17.0 Å². The van der Waals surface area contributed by atoms with Gasteiger partial charge >= 0.3 is 5.97 Å². The number of carboxylic acids is 1. The summed E-state index contributed by atoms with van der Waals surface area (Å²) in [6.45, 7) is 0.625. The molecule has 0 fully saturated rings. The monoisotopic (exact) mass is 464 g/mol. The molecule has 0 atom stereocenters. The Bertz CT molecular complexity index is 1290. The van der Waals surface area contributed by atoms with Crippen molar-refractivity contribution >= 4 is 53.1 Å². The van der Waals surface area contributed by atoms with Crippen molar-refractivity contribution in [2.75, 3.05) is 0 Å². The number of benzene rings is 2. The summed E-state index contributed by atoms with van der Waals surface area (Å²) in [7, 11) is 0. The fraction of sp³-hybridized carbons (Fsp3) is 0.125. The van der Waals surface area contributed by atoms with E-state index in [1.54, 1.807) is 12.3 Å². The van der Waals surface area contributed by atoms with Crippen LogP contribution in [0.5, 0.6) is 11.6 Å². The Balaban J connectivity index is 1.48. The number of carboxylic acid groups (broad SMARTS) is 1. The highest BCUT2D eigenvalue weighted by Crippen LogP contribution is 2.35. The molecule has 0 bridgehead atoms. The molecule has 0 aliphatic carbocycles. The summed E-state index contributed by atoms with van der Waals surface area (Å²) in [6, 6.07) is 15.8. The molecule has 0 amide bonds. The van der Waals surface area contributed by atoms with Crippen LogP contribution in [-0.4, -0.2) is 27.0 Å². The van der Waals surface area contributed by atoms with E-state index in [2.05, 4.69) is 4.99 Å². The first-order valence-electron chi connectivity index (χ1n) is 9.89. The Hall–Kier alpha value is -3.49. The van der Waals surface area contributed by atoms with Crippen LogP contribution in [0.1, 0.15) is 22.4 Å². The first kappa shape index (κ1) is 21.7. The van der Waals surface area contributed by atoms with Gasteiger partial charge in [-0.15, -0.1) is 11.3 Å². The van der Waals surface area contributed by atoms with Gasteiger partial charge in [-0.25, -0.2) is 0 Å². The zero-order chi connectivity index (χ0) is 22.5. The number of hydrogen-bond acceptors (Lipinski definition) is 6. The van der Waals surface area contributed by atoms with Crippen LogP contribution < -0.4 is 4.74 Å². The highest BCUT2D eigenvalue weighted by atomic mass is 32.1. The van der Waals surface area contributed by atoms with E-state index in [4.69, 9.17) is 22.1 Å². The smallest absolute Gasteiger partial charge is 0.305 e. The van der Waals surface area contributed by atoms with Gasteiger partial charge in [-0.2, -0.15) is 0 Å². The van der Waals surface area contributed by atoms with Gasteiger partial charge in [0.25, 0.3) is 0 Å². The normalized spacial score (nSPS) is 13.7. The third kappa shape index (κ3) is 5.04. The van der Waals surface area contributed by atoms with E-state index >= 15 is 0 Å². The van der Waals surface area contributed by atoms with Crippen molar-refractivity contribution in [2.24, 2.45) is 4.99 Å². The van der Waals surface area contributed by atoms with Crippen molar-refractivity contribution in [1.29, 1.82) is 0 Å². The Morgan fingerprint density at radius 2 is 2.03 bits per heavy atom. The van der Waals surface area contributed by atoms with Gasteiger partial charge in [0.2, 0.25) is 5.88 Å². The predicted molar refractivity (Wildman–Crippen MR) is 129 cm³/mol. The molecule has 32 heavy (non-hydrogen) atoms. The minimum atomic E-state index is -0.939. The van der Waals surface area contributed by atoms with Crippen molar-refractivity contribution in [1.82, 2.24) is 4.57 Å². The summed E-state index contributed by atoms with van der Waals surface area (Å²) in [5, 5.41) is 19.2. The van der Waals surface area contributed by atoms with Crippen LogP contribution in [0.4, 0.5) is 5.69 Å². The number of aromatic nitrogens is 1. The lowest BCUT2D eigenvalue weighted by Gasteiger charge is -2.08. The van der Waals surface area contributed by atoms with E-state index in [0.717, 1.165) is 28.1 Å². The molecule has 2 heterocycles. The highest BCUT2D eigenvalue weighted by Gasteiger charge is 2.13. The zero-order valence-corrected chi connectivity index (χ0v) is 18.6. The van der Waals surface area contributed by atoms with Crippen molar-refractivity contribution in [3.8, 4) is 11.6 Å². The molecule has 1 aromatic heterocycles. The van der Waals surface area contributed by atoms with Crippen LogP contribution in [-0.2, 0) is 17.9 Å². The number of carbonyl (C=O) groups is 1. The lowest BCUT2D eigenvalue weighted by Crippen LogP contribution is -2.03. The van der Waals surface area contributed by atoms with Crippen LogP contribution in [0.15, 0.2) is 65.7 Å². The lowest BCUT2D eigenvalue weighted by atomic mass is 10.1. The Labute approximate surface area is 194 Å². The second kappa shape index (κ2) is 9.76. The van der Waals surface area contributed by atoms with Crippen LogP contribution in [0.3, 0.4) is 0 Å². The molecule has 6 nitrogen and oxygen atoms in total. The van der Waals surface area contributed by atoms with E-state index in [9.17, 15) is 9.90 Å². The van der Waals surface area contributed by atoms with Gasteiger partial charge < -0.3 is 14.9 Å². The molecule has 0 unspecified atom stereocenters. The topological polar surface area (TPSA) is 84.0 Å². The van der Waals surface area contributed by atoms with Crippen LogP contribution in [0.2, 0.25) is 0 Å². The molecule has 4 rings (SSSR count). The van der Waals surface area contributed by atoms with Crippen molar-refractivity contribution < 1.29 is 19.7 Å². The van der Waals surface area contributed by atoms with Crippen molar-refractivity contribution in [3.05, 3.63) is 80.6 Å². The lowest BCUT2D eigenvalue weighted by molar-refractivity contribution is -0.137. The fourth-order valence-corrected chi connectivity index (χ4v) is 4.47. The summed E-state index contributed by atoms with van der Waals surface area (Å²) < 4.78 is 7.79. The maximum absolute atomic E-state index is 10.8. The van der Waals surface area contributed by atoms with E-state index in [-0.39, 0.29) is 18.8 Å². The fourth-order valence-electron chi connectivity index (χ4n) is 3.20. The van der Waals surface area contributed by atoms with E-state index < -0.39 is 5.97 Å². The van der Waals surface area contributed by atoms with Gasteiger partial charge in [-0.3, -0.25) is 14.4 Å². The average molecular weight is 465 g/mol. The second-order valence-corrected chi connectivity index (χ2v) is 8.72. The largest absolute Gasteiger partial charge is 0.493 e. The summed E-state index contributed by atoms with van der Waals surface area (Å²) in [4.78, 5) is 15.8. The zero-order valence-electron chi connectivity index (χ0n) is 17.0. The molecule has 0 radical (unpaired) electrons. The first-order chi connectivity index (χ1) is 15.5. The third-order valence-corrected chi connectivity index (χ3v) is 6.24. The van der Waals surface area contributed by atoms with E-state index in [0.29, 0.717) is 15.4 Å². The standard InChI is InChI=1S/C24H20N2O4S2/c27-22(28)11-12-26-23(29)21(32-24(26)31)8-4-7-17-14-25-20-10-9-18(13-19(17)20)30-15-16-5-2-1-3-6-16/h1-10,13-14,29H,11-12,15H2,(H,27,28)/b8-4+,17-7+. The maximum atomic E-state index is 10.8. The highest BCUT2D eigenvalue weighted by molar-refractivity contribution is 7.73. The van der Waals surface area contributed by atoms with Crippen molar-refractivity contribution in [3.63, 3.8) is 0 Å². The molecule has 162 valence electrons. The number of rotatable bonds is 8. The average Bonchev–Trinajstić information content (AvgIpc) is 3.31. The Morgan fingerprint density at radius 1 is 1.22 bits per heavy atom. The van der Waals surface area contributed by atoms with Gasteiger partial charge in [0, 0.05) is 23.9 Å². The molecular weight excluding hydrogens is 444 g/mol. The van der Waals surface area contributed by atoms with Gasteiger partial charge in [0.15, 0.2) is 3.95 Å². The van der Waals surface area contributed by atoms with Crippen LogP contribution in [0, 0.1) is 3.95 Å². The Morgan fingerprint density at radius 3 is 2.81 bits per heavy atom. The molecule has 2 N–H and O–H groups in total. The maximum Gasteiger partial charge on any atom is 0.305 e. The minimum absolute atomic E-state index is 0.0204. The molecular formula is C24H20N2O4S2. The molecule has 0 saturated carbocycles. The number of thiazole rings is 1. The summed E-state index contributed by atoms with van der Waals surface area (Å²) in [5.41, 5.74) is 3.86. The minimum Gasteiger partial charge on any atom is -0.493 e. The number of hydrogen-bond donors (Lipinski definition) is 2. The Kier molecular flexibility index (Phi) is 6.63. The second-order valence-electron chi connectivity index (χ2n) is 7.04. The number of aliphatic carboxylic acids is 1. The molecule has 0 saturated heterocycles. The number of aromatic hydroxyl groups is 1. The number of ether oxygens (including phenoxy) is 1. The van der Waals surface area contributed by atoms with Crippen LogP contribution >= 0.6 is 23.6 Å². The third-order valence-electron chi connectivity index (χ3n) is 4.84. The molecule has 3 aromatic rings.